The lowest BCUT2D eigenvalue weighted by Gasteiger charge is -2.10. The van der Waals surface area contributed by atoms with E-state index in [9.17, 15) is 9.59 Å². The molecule has 5 nitrogen and oxygen atoms in total. The summed E-state index contributed by atoms with van der Waals surface area (Å²) in [6, 6.07) is 0. The summed E-state index contributed by atoms with van der Waals surface area (Å²) in [6.07, 6.45) is 1.98. The number of esters is 2. The van der Waals surface area contributed by atoms with Crippen molar-refractivity contribution in [3.63, 3.8) is 0 Å². The van der Waals surface area contributed by atoms with Crippen LogP contribution < -0.4 is 0 Å². The van der Waals surface area contributed by atoms with Gasteiger partial charge in [-0.05, 0) is 26.3 Å². The molecule has 0 bridgehead atoms. The summed E-state index contributed by atoms with van der Waals surface area (Å²) in [7, 11) is 0. The van der Waals surface area contributed by atoms with Gasteiger partial charge in [0.15, 0.2) is 0 Å². The van der Waals surface area contributed by atoms with Crippen LogP contribution >= 0.6 is 22.6 Å². The fourth-order valence-electron chi connectivity index (χ4n) is 2.06. The third-order valence-electron chi connectivity index (χ3n) is 2.80. The predicted molar refractivity (Wildman–Crippen MR) is 84.3 cm³/mol. The molecule has 0 aromatic carbocycles. The number of carbonyl (C=O) groups is 2. The van der Waals surface area contributed by atoms with Crippen LogP contribution in [0.25, 0.3) is 0 Å². The van der Waals surface area contributed by atoms with E-state index >= 15 is 0 Å². The Morgan fingerprint density at radius 3 is 2.45 bits per heavy atom. The van der Waals surface area contributed by atoms with Crippen molar-refractivity contribution in [2.75, 3.05) is 17.6 Å². The van der Waals surface area contributed by atoms with Crippen molar-refractivity contribution in [1.82, 2.24) is 4.57 Å². The molecule has 1 rings (SSSR count). The molecule has 0 saturated carbocycles. The summed E-state index contributed by atoms with van der Waals surface area (Å²) in [5.74, 6) is -0.706. The summed E-state index contributed by atoms with van der Waals surface area (Å²) in [4.78, 5) is 23.8. The third-order valence-corrected chi connectivity index (χ3v) is 3.28. The second-order valence-corrected chi connectivity index (χ2v) is 5.30. The maximum Gasteiger partial charge on any atom is 0.340 e. The lowest BCUT2D eigenvalue weighted by Crippen LogP contribution is -2.16. The van der Waals surface area contributed by atoms with E-state index in [1.807, 2.05) is 17.7 Å². The van der Waals surface area contributed by atoms with Crippen LogP contribution in [0.5, 0.6) is 0 Å². The van der Waals surface area contributed by atoms with Crippen molar-refractivity contribution in [3.05, 3.63) is 23.0 Å². The van der Waals surface area contributed by atoms with Crippen molar-refractivity contribution in [1.29, 1.82) is 0 Å². The molecule has 6 heteroatoms. The van der Waals surface area contributed by atoms with Crippen LogP contribution in [-0.4, -0.2) is 34.1 Å². The quantitative estimate of drug-likeness (QED) is 0.406. The van der Waals surface area contributed by atoms with Crippen LogP contribution in [0.1, 0.15) is 35.5 Å². The van der Waals surface area contributed by atoms with Gasteiger partial charge >= 0.3 is 11.9 Å². The van der Waals surface area contributed by atoms with E-state index in [1.54, 1.807) is 13.8 Å². The highest BCUT2D eigenvalue weighted by Gasteiger charge is 2.23. The summed E-state index contributed by atoms with van der Waals surface area (Å²) >= 11 is 2.26. The van der Waals surface area contributed by atoms with E-state index in [4.69, 9.17) is 9.47 Å². The first-order valence-corrected chi connectivity index (χ1v) is 8.14. The first-order chi connectivity index (χ1) is 9.54. The zero-order chi connectivity index (χ0) is 15.1. The van der Waals surface area contributed by atoms with Gasteiger partial charge in [0.1, 0.15) is 0 Å². The maximum atomic E-state index is 12.1. The highest BCUT2D eigenvalue weighted by Crippen LogP contribution is 2.20. The predicted octanol–water partition coefficient (Wildman–Crippen LogP) is 2.51. The minimum absolute atomic E-state index is 0.0897. The summed E-state index contributed by atoms with van der Waals surface area (Å²) in [5.41, 5.74) is 1.99. The number of hydrogen-bond acceptors (Lipinski definition) is 4. The Balaban J connectivity index is 3.13. The number of rotatable bonds is 7. The van der Waals surface area contributed by atoms with Gasteiger partial charge in [0.2, 0.25) is 0 Å². The molecule has 1 aromatic heterocycles. The van der Waals surface area contributed by atoms with Gasteiger partial charge in [-0.3, -0.25) is 4.79 Å². The monoisotopic (exact) mass is 393 g/mol. The van der Waals surface area contributed by atoms with E-state index in [0.29, 0.717) is 24.5 Å². The van der Waals surface area contributed by atoms with E-state index < -0.39 is 0 Å². The number of aryl methyl sites for hydroxylation is 2. The molecule has 0 unspecified atom stereocenters. The Kier molecular flexibility index (Phi) is 7.04. The van der Waals surface area contributed by atoms with Crippen molar-refractivity contribution < 1.29 is 19.1 Å². The number of nitrogens with zero attached hydrogens (tertiary/aromatic N) is 1. The van der Waals surface area contributed by atoms with Crippen molar-refractivity contribution in [2.24, 2.45) is 0 Å². The van der Waals surface area contributed by atoms with Gasteiger partial charge in [0.05, 0.1) is 25.2 Å². The summed E-state index contributed by atoms with van der Waals surface area (Å²) in [5, 5.41) is 0. The molecule has 1 aromatic rings. The minimum Gasteiger partial charge on any atom is -0.466 e. The van der Waals surface area contributed by atoms with Crippen LogP contribution in [0.2, 0.25) is 0 Å². The maximum absolute atomic E-state index is 12.1. The first-order valence-electron chi connectivity index (χ1n) is 6.62. The molecular weight excluding hydrogens is 373 g/mol. The van der Waals surface area contributed by atoms with Crippen molar-refractivity contribution in [3.8, 4) is 0 Å². The normalized spacial score (nSPS) is 10.4. The number of ether oxygens (including phenoxy) is 2. The van der Waals surface area contributed by atoms with E-state index in [1.165, 1.54) is 0 Å². The zero-order valence-corrected chi connectivity index (χ0v) is 14.2. The van der Waals surface area contributed by atoms with Gasteiger partial charge in [-0.1, -0.05) is 22.6 Å². The lowest BCUT2D eigenvalue weighted by molar-refractivity contribution is -0.142. The SMILES string of the molecule is CCOC(=O)Cc1c(C(=O)OCC)c(C)cn1CCI. The molecule has 0 aliphatic rings. The van der Waals surface area contributed by atoms with Gasteiger partial charge < -0.3 is 14.0 Å². The Labute approximate surface area is 132 Å². The topological polar surface area (TPSA) is 57.5 Å². The van der Waals surface area contributed by atoms with Gasteiger partial charge in [-0.15, -0.1) is 0 Å². The Hall–Kier alpha value is -1.05. The number of halogens is 1. The molecule has 0 saturated heterocycles. The number of carbonyl (C=O) groups excluding carboxylic acids is 2. The Morgan fingerprint density at radius 2 is 1.90 bits per heavy atom. The molecule has 0 aliphatic heterocycles. The average Bonchev–Trinajstić information content (AvgIpc) is 2.66. The Morgan fingerprint density at radius 1 is 1.25 bits per heavy atom. The summed E-state index contributed by atoms with van der Waals surface area (Å²) in [6.45, 7) is 6.77. The third kappa shape index (κ3) is 4.22. The molecule has 0 atom stereocenters. The molecule has 20 heavy (non-hydrogen) atoms. The molecule has 0 radical (unpaired) electrons. The minimum atomic E-state index is -0.378. The number of hydrogen-bond donors (Lipinski definition) is 0. The lowest BCUT2D eigenvalue weighted by atomic mass is 10.1. The number of aromatic nitrogens is 1. The molecule has 0 N–H and O–H groups in total. The van der Waals surface area contributed by atoms with Crippen LogP contribution in [-0.2, 0) is 27.2 Å². The molecular formula is C14H20INO4. The first kappa shape index (κ1) is 17.0. The standard InChI is InChI=1S/C14H20INO4/c1-4-19-12(17)8-11-13(14(18)20-5-2)10(3)9-16(11)7-6-15/h9H,4-8H2,1-3H3. The fourth-order valence-corrected chi connectivity index (χ4v) is 2.58. The van der Waals surface area contributed by atoms with Crippen molar-refractivity contribution >= 4 is 34.5 Å². The van der Waals surface area contributed by atoms with E-state index in [2.05, 4.69) is 22.6 Å². The van der Waals surface area contributed by atoms with Crippen LogP contribution in [0.15, 0.2) is 6.20 Å². The smallest absolute Gasteiger partial charge is 0.340 e. The second-order valence-electron chi connectivity index (χ2n) is 4.22. The highest BCUT2D eigenvalue weighted by atomic mass is 127. The van der Waals surface area contributed by atoms with Crippen LogP contribution in [0.3, 0.4) is 0 Å². The van der Waals surface area contributed by atoms with E-state index in [0.717, 1.165) is 16.5 Å². The van der Waals surface area contributed by atoms with Gasteiger partial charge in [-0.2, -0.15) is 0 Å². The summed E-state index contributed by atoms with van der Waals surface area (Å²) < 4.78 is 12.9. The molecule has 0 aliphatic carbocycles. The Bertz CT molecular complexity index is 482. The van der Waals surface area contributed by atoms with Crippen molar-refractivity contribution in [2.45, 2.75) is 33.7 Å². The molecule has 0 fully saturated rings. The van der Waals surface area contributed by atoms with E-state index in [-0.39, 0.29) is 18.4 Å². The van der Waals surface area contributed by atoms with Gasteiger partial charge in [0, 0.05) is 22.9 Å². The number of alkyl halides is 1. The molecule has 1 heterocycles. The molecule has 112 valence electrons. The van der Waals surface area contributed by atoms with Gasteiger partial charge in [-0.25, -0.2) is 4.79 Å². The van der Waals surface area contributed by atoms with Crippen LogP contribution in [0, 0.1) is 6.92 Å². The zero-order valence-electron chi connectivity index (χ0n) is 12.1. The highest BCUT2D eigenvalue weighted by molar-refractivity contribution is 14.1. The van der Waals surface area contributed by atoms with Gasteiger partial charge in [0.25, 0.3) is 0 Å². The largest absolute Gasteiger partial charge is 0.466 e. The van der Waals surface area contributed by atoms with Crippen LogP contribution in [0.4, 0.5) is 0 Å². The molecule has 0 amide bonds. The fraction of sp³-hybridized carbons (Fsp3) is 0.571. The molecule has 0 spiro atoms. The second kappa shape index (κ2) is 8.28. The average molecular weight is 393 g/mol.